The van der Waals surface area contributed by atoms with Gasteiger partial charge in [-0.15, -0.1) is 0 Å². The summed E-state index contributed by atoms with van der Waals surface area (Å²) < 4.78 is 0. The summed E-state index contributed by atoms with van der Waals surface area (Å²) in [6.45, 7) is 5.75. The zero-order valence-corrected chi connectivity index (χ0v) is 30.4. The molecular weight excluding hydrogens is 674 g/mol. The van der Waals surface area contributed by atoms with E-state index in [0.717, 1.165) is 102 Å². The highest BCUT2D eigenvalue weighted by molar-refractivity contribution is 6.34. The number of aryl methyl sites for hydroxylation is 1. The number of amides is 4. The zero-order chi connectivity index (χ0) is 36.4. The quantitative estimate of drug-likeness (QED) is 0.162. The highest BCUT2D eigenvalue weighted by atomic mass is 35.5. The highest BCUT2D eigenvalue weighted by Gasteiger charge is 2.48. The van der Waals surface area contributed by atoms with Crippen LogP contribution in [-0.4, -0.2) is 40.7 Å². The van der Waals surface area contributed by atoms with Gasteiger partial charge in [0.05, 0.1) is 22.2 Å². The lowest BCUT2D eigenvalue weighted by atomic mass is 9.79. The Kier molecular flexibility index (Phi) is 8.44. The lowest BCUT2D eigenvalue weighted by Gasteiger charge is -2.21. The van der Waals surface area contributed by atoms with Crippen LogP contribution in [0.25, 0.3) is 22.3 Å². The van der Waals surface area contributed by atoms with Crippen LogP contribution in [-0.2, 0) is 20.4 Å². The number of carbonyl (C=O) groups excluding carboxylic acids is 4. The number of anilines is 2. The van der Waals surface area contributed by atoms with Crippen molar-refractivity contribution in [3.05, 3.63) is 99.8 Å². The first-order chi connectivity index (χ1) is 24.9. The Hall–Kier alpha value is -5.02. The normalized spacial score (nSPS) is 18.8. The second kappa shape index (κ2) is 12.9. The van der Waals surface area contributed by atoms with E-state index in [1.54, 1.807) is 6.20 Å². The maximum atomic E-state index is 12.7. The molecule has 0 unspecified atom stereocenters. The molecule has 1 aromatic heterocycles. The van der Waals surface area contributed by atoms with Gasteiger partial charge < -0.3 is 21.3 Å². The van der Waals surface area contributed by atoms with E-state index in [-0.39, 0.29) is 23.6 Å². The molecule has 4 aromatic rings. The molecule has 3 saturated carbocycles. The number of halogens is 1. The number of carbonyl (C=O) groups is 4. The molecule has 9 rings (SSSR count). The number of hydrogen-bond donors (Lipinski definition) is 4. The average molecular weight is 716 g/mol. The number of nitrogens with one attached hydrogen (secondary N) is 4. The third-order valence-electron chi connectivity index (χ3n) is 11.1. The van der Waals surface area contributed by atoms with Gasteiger partial charge in [-0.1, -0.05) is 42.6 Å². The zero-order valence-electron chi connectivity index (χ0n) is 29.6. The SMILES string of the molecule is Cc1ccc(C(=O)NC2CC2)cc1-c1cnc2c(c1)NC(=O)C2(C)C.O=C(NC1CC1)c1cccc(-c2cc3c(cc2Cl)C2(CCCC2)C(=O)N3)c1. The smallest absolute Gasteiger partial charge is 0.251 e. The van der Waals surface area contributed by atoms with Crippen LogP contribution in [0.3, 0.4) is 0 Å². The summed E-state index contributed by atoms with van der Waals surface area (Å²) in [5.74, 6) is -0.0237. The van der Waals surface area contributed by atoms with Gasteiger partial charge in [0.25, 0.3) is 11.8 Å². The Morgan fingerprint density at radius 1 is 0.769 bits per heavy atom. The van der Waals surface area contributed by atoms with E-state index in [0.29, 0.717) is 28.2 Å². The van der Waals surface area contributed by atoms with Crippen LogP contribution in [0.2, 0.25) is 5.02 Å². The number of benzene rings is 3. The highest BCUT2D eigenvalue weighted by Crippen LogP contribution is 2.51. The molecule has 266 valence electrons. The van der Waals surface area contributed by atoms with Gasteiger partial charge in [0, 0.05) is 51.2 Å². The van der Waals surface area contributed by atoms with Crippen LogP contribution in [0, 0.1) is 6.92 Å². The van der Waals surface area contributed by atoms with E-state index >= 15 is 0 Å². The van der Waals surface area contributed by atoms with E-state index in [9.17, 15) is 19.2 Å². The molecule has 10 heteroatoms. The summed E-state index contributed by atoms with van der Waals surface area (Å²) in [5.41, 5.74) is 8.31. The molecule has 0 radical (unpaired) electrons. The second-order valence-electron chi connectivity index (χ2n) is 15.4. The second-order valence-corrected chi connectivity index (χ2v) is 15.8. The average Bonchev–Trinajstić information content (AvgIpc) is 4.04. The summed E-state index contributed by atoms with van der Waals surface area (Å²) in [4.78, 5) is 54.0. The molecule has 0 atom stereocenters. The van der Waals surface area contributed by atoms with Gasteiger partial charge in [-0.2, -0.15) is 0 Å². The number of nitrogens with zero attached hydrogens (tertiary/aromatic N) is 1. The summed E-state index contributed by atoms with van der Waals surface area (Å²) in [7, 11) is 0. The van der Waals surface area contributed by atoms with Gasteiger partial charge in [-0.05, 0) is 124 Å². The van der Waals surface area contributed by atoms with Crippen molar-refractivity contribution in [2.24, 2.45) is 0 Å². The predicted molar refractivity (Wildman–Crippen MR) is 203 cm³/mol. The van der Waals surface area contributed by atoms with E-state index in [1.807, 2.05) is 81.4 Å². The molecule has 4 N–H and O–H groups in total. The minimum Gasteiger partial charge on any atom is -0.349 e. The van der Waals surface area contributed by atoms with Crippen molar-refractivity contribution in [1.82, 2.24) is 15.6 Å². The first kappa shape index (κ1) is 34.1. The Labute approximate surface area is 308 Å². The molecule has 5 aliphatic rings. The molecule has 4 amide bonds. The van der Waals surface area contributed by atoms with Gasteiger partial charge in [-0.25, -0.2) is 0 Å². The maximum Gasteiger partial charge on any atom is 0.251 e. The van der Waals surface area contributed by atoms with Crippen molar-refractivity contribution in [3.8, 4) is 22.3 Å². The third kappa shape index (κ3) is 6.25. The maximum absolute atomic E-state index is 12.7. The number of aromatic nitrogens is 1. The molecule has 0 bridgehead atoms. The van der Waals surface area contributed by atoms with E-state index in [1.165, 1.54) is 0 Å². The van der Waals surface area contributed by atoms with Crippen molar-refractivity contribution in [3.63, 3.8) is 0 Å². The summed E-state index contributed by atoms with van der Waals surface area (Å²) in [5, 5.41) is 12.6. The minimum atomic E-state index is -0.616. The molecule has 3 fully saturated rings. The van der Waals surface area contributed by atoms with Gasteiger partial charge >= 0.3 is 0 Å². The van der Waals surface area contributed by atoms with Crippen LogP contribution in [0.15, 0.2) is 66.9 Å². The molecular formula is C42H42ClN5O4. The van der Waals surface area contributed by atoms with Crippen LogP contribution < -0.4 is 21.3 Å². The number of pyridine rings is 1. The van der Waals surface area contributed by atoms with Crippen molar-refractivity contribution < 1.29 is 19.2 Å². The van der Waals surface area contributed by atoms with Crippen molar-refractivity contribution in [2.75, 3.05) is 10.6 Å². The topological polar surface area (TPSA) is 129 Å². The monoisotopic (exact) mass is 715 g/mol. The molecule has 9 nitrogen and oxygen atoms in total. The Bertz CT molecular complexity index is 2160. The standard InChI is InChI=1S/C22H21ClN2O2.C20H21N3O2/c23-18-12-17-19(25-21(27)22(17)8-1-2-9-22)11-16(18)13-4-3-5-14(10-13)20(26)24-15-6-7-15;1-11-4-5-12(18(24)22-14-6-7-14)8-15(11)13-9-16-17(21-10-13)20(2,3)19(25)23-16/h3-5,10-12,15H,1-2,6-9H2,(H,24,26)(H,25,27);4-5,8-10,14H,6-7H2,1-3H3,(H,22,24)(H,23,25). The number of rotatable bonds is 6. The summed E-state index contributed by atoms with van der Waals surface area (Å²) in [6.07, 6.45) is 9.95. The van der Waals surface area contributed by atoms with Crippen molar-refractivity contribution in [1.29, 1.82) is 0 Å². The van der Waals surface area contributed by atoms with Gasteiger partial charge in [0.1, 0.15) is 0 Å². The van der Waals surface area contributed by atoms with Crippen LogP contribution in [0.1, 0.15) is 103 Å². The minimum absolute atomic E-state index is 0.0349. The van der Waals surface area contributed by atoms with Crippen LogP contribution in [0.4, 0.5) is 11.4 Å². The van der Waals surface area contributed by atoms with Crippen LogP contribution >= 0.6 is 11.6 Å². The fraction of sp³-hybridized carbons (Fsp3) is 0.357. The van der Waals surface area contributed by atoms with E-state index in [4.69, 9.17) is 11.6 Å². The Balaban J connectivity index is 0.000000149. The predicted octanol–water partition coefficient (Wildman–Crippen LogP) is 7.84. The largest absolute Gasteiger partial charge is 0.349 e. The number of hydrogen-bond acceptors (Lipinski definition) is 5. The summed E-state index contributed by atoms with van der Waals surface area (Å²) >= 11 is 6.64. The van der Waals surface area contributed by atoms with Crippen molar-refractivity contribution >= 4 is 46.6 Å². The summed E-state index contributed by atoms with van der Waals surface area (Å²) in [6, 6.07) is 19.7. The first-order valence-electron chi connectivity index (χ1n) is 18.2. The fourth-order valence-electron chi connectivity index (χ4n) is 7.62. The van der Waals surface area contributed by atoms with Crippen LogP contribution in [0.5, 0.6) is 0 Å². The Morgan fingerprint density at radius 3 is 2.10 bits per heavy atom. The molecule has 2 aliphatic heterocycles. The van der Waals surface area contributed by atoms with Gasteiger partial charge in [0.15, 0.2) is 0 Å². The molecule has 3 heterocycles. The van der Waals surface area contributed by atoms with Crippen molar-refractivity contribution in [2.45, 2.75) is 95.1 Å². The molecule has 3 aliphatic carbocycles. The molecule has 3 aromatic carbocycles. The molecule has 0 saturated heterocycles. The lowest BCUT2D eigenvalue weighted by Crippen LogP contribution is -2.30. The third-order valence-corrected chi connectivity index (χ3v) is 11.4. The van der Waals surface area contributed by atoms with E-state index < -0.39 is 10.8 Å². The molecule has 52 heavy (non-hydrogen) atoms. The fourth-order valence-corrected chi connectivity index (χ4v) is 7.89. The lowest BCUT2D eigenvalue weighted by molar-refractivity contribution is -0.121. The number of fused-ring (bicyclic) bond motifs is 3. The van der Waals surface area contributed by atoms with E-state index in [2.05, 4.69) is 26.3 Å². The van der Waals surface area contributed by atoms with Gasteiger partial charge in [-0.3, -0.25) is 24.2 Å². The Morgan fingerprint density at radius 2 is 1.42 bits per heavy atom. The van der Waals surface area contributed by atoms with Gasteiger partial charge in [0.2, 0.25) is 11.8 Å². The molecule has 1 spiro atoms. The first-order valence-corrected chi connectivity index (χ1v) is 18.6.